The number of amides is 2. The topological polar surface area (TPSA) is 97.3 Å². The van der Waals surface area contributed by atoms with Gasteiger partial charge >= 0.3 is 6.18 Å². The van der Waals surface area contributed by atoms with E-state index in [-0.39, 0.29) is 49.5 Å². The average Bonchev–Trinajstić information content (AvgIpc) is 3.24. The first-order chi connectivity index (χ1) is 20.2. The van der Waals surface area contributed by atoms with E-state index in [0.29, 0.717) is 34.2 Å². The molecule has 2 aromatic carbocycles. The van der Waals surface area contributed by atoms with E-state index in [0.717, 1.165) is 5.56 Å². The van der Waals surface area contributed by atoms with Gasteiger partial charge in [-0.25, -0.2) is 9.37 Å². The fourth-order valence-corrected chi connectivity index (χ4v) is 5.12. The molecule has 1 aliphatic carbocycles. The quantitative estimate of drug-likeness (QED) is 0.227. The number of hydrogen-bond donors (Lipinski definition) is 3. The average molecular weight is 626 g/mol. The van der Waals surface area contributed by atoms with Crippen LogP contribution in [0.2, 0.25) is 5.02 Å². The number of fused-ring (bicyclic) bond motifs is 1. The van der Waals surface area contributed by atoms with Gasteiger partial charge in [0.25, 0.3) is 5.91 Å². The summed E-state index contributed by atoms with van der Waals surface area (Å²) in [4.78, 5) is 30.2. The summed E-state index contributed by atoms with van der Waals surface area (Å²) in [6.45, 7) is 4.73. The fraction of sp³-hybridized carbons (Fsp3) is 0.500. The van der Waals surface area contributed by atoms with Gasteiger partial charge in [0.1, 0.15) is 19.0 Å². The van der Waals surface area contributed by atoms with Crippen molar-refractivity contribution < 1.29 is 31.9 Å². The Balaban J connectivity index is 1.56. The molecule has 2 amide bonds. The molecule has 1 fully saturated rings. The Bertz CT molecular complexity index is 1480. The zero-order chi connectivity index (χ0) is 31.5. The van der Waals surface area contributed by atoms with Gasteiger partial charge in [-0.2, -0.15) is 13.2 Å². The number of imidazole rings is 1. The summed E-state index contributed by atoms with van der Waals surface area (Å²) >= 11 is 6.45. The molecule has 0 bridgehead atoms. The predicted octanol–water partition coefficient (Wildman–Crippen LogP) is 6.83. The highest BCUT2D eigenvalue weighted by molar-refractivity contribution is 6.33. The lowest BCUT2D eigenvalue weighted by molar-refractivity contribution is -0.182. The van der Waals surface area contributed by atoms with Gasteiger partial charge in [-0.3, -0.25) is 9.59 Å². The van der Waals surface area contributed by atoms with Gasteiger partial charge in [0.2, 0.25) is 11.9 Å². The lowest BCUT2D eigenvalue weighted by Gasteiger charge is -2.30. The second kappa shape index (κ2) is 13.0. The third kappa shape index (κ3) is 7.90. The van der Waals surface area contributed by atoms with Crippen LogP contribution >= 0.6 is 11.6 Å². The molecule has 0 radical (unpaired) electrons. The molecule has 0 atom stereocenters. The number of aromatic nitrogens is 2. The maximum atomic E-state index is 13.3. The number of halogens is 5. The number of ether oxygens (including phenoxy) is 1. The van der Waals surface area contributed by atoms with E-state index in [2.05, 4.69) is 20.9 Å². The van der Waals surface area contributed by atoms with Crippen molar-refractivity contribution in [2.75, 3.05) is 18.6 Å². The minimum absolute atomic E-state index is 0.0549. The van der Waals surface area contributed by atoms with Crippen LogP contribution in [0.5, 0.6) is 5.75 Å². The standard InChI is InChI=1S/C30H36ClF4N5O3/c1-29(2,3)27(42)36-16-17-5-10-21(31)22(13-17)38-28-39-23-14-20(25(43-12-11-32)15-24(23)40(28)4)26(41)37-19-8-6-18(7-9-19)30(33,34)35/h5,10,13-15,18-19H,6-9,11-12,16H2,1-4H3,(H,36,42)(H,37,41)(H,38,39)/t18-,19-. The van der Waals surface area contributed by atoms with Crippen LogP contribution in [0.1, 0.15) is 62.4 Å². The van der Waals surface area contributed by atoms with Crippen molar-refractivity contribution in [3.63, 3.8) is 0 Å². The zero-order valence-electron chi connectivity index (χ0n) is 24.5. The molecule has 1 saturated carbocycles. The van der Waals surface area contributed by atoms with Gasteiger partial charge in [-0.1, -0.05) is 38.4 Å². The van der Waals surface area contributed by atoms with Gasteiger partial charge in [0.05, 0.1) is 33.2 Å². The summed E-state index contributed by atoms with van der Waals surface area (Å²) in [5, 5.41) is 9.33. The Morgan fingerprint density at radius 2 is 1.79 bits per heavy atom. The summed E-state index contributed by atoms with van der Waals surface area (Å²) in [7, 11) is 1.75. The van der Waals surface area contributed by atoms with Crippen LogP contribution in [0.15, 0.2) is 30.3 Å². The highest BCUT2D eigenvalue weighted by Crippen LogP contribution is 2.38. The highest BCUT2D eigenvalue weighted by atomic mass is 35.5. The molecule has 3 aromatic rings. The van der Waals surface area contributed by atoms with Gasteiger partial charge in [-0.05, 0) is 49.4 Å². The molecule has 43 heavy (non-hydrogen) atoms. The van der Waals surface area contributed by atoms with E-state index < -0.39 is 36.1 Å². The maximum absolute atomic E-state index is 13.3. The van der Waals surface area contributed by atoms with Crippen LogP contribution in [0.3, 0.4) is 0 Å². The van der Waals surface area contributed by atoms with E-state index in [1.165, 1.54) is 6.07 Å². The van der Waals surface area contributed by atoms with Crippen molar-refractivity contribution in [2.45, 2.75) is 65.2 Å². The second-order valence-corrected chi connectivity index (χ2v) is 12.2. The van der Waals surface area contributed by atoms with E-state index in [4.69, 9.17) is 16.3 Å². The zero-order valence-corrected chi connectivity index (χ0v) is 25.3. The Hall–Kier alpha value is -3.54. The number of anilines is 2. The molecular formula is C30H36ClF4N5O3. The monoisotopic (exact) mass is 625 g/mol. The van der Waals surface area contributed by atoms with Crippen LogP contribution < -0.4 is 20.7 Å². The van der Waals surface area contributed by atoms with Crippen molar-refractivity contribution in [3.05, 3.63) is 46.5 Å². The van der Waals surface area contributed by atoms with E-state index in [1.807, 2.05) is 20.8 Å². The molecule has 1 aliphatic rings. The number of rotatable bonds is 9. The second-order valence-electron chi connectivity index (χ2n) is 11.8. The van der Waals surface area contributed by atoms with Gasteiger partial charge in [-0.15, -0.1) is 0 Å². The third-order valence-electron chi connectivity index (χ3n) is 7.50. The molecule has 0 saturated heterocycles. The number of hydrogen-bond acceptors (Lipinski definition) is 5. The lowest BCUT2D eigenvalue weighted by Crippen LogP contribution is -2.40. The minimum atomic E-state index is -4.24. The predicted molar refractivity (Wildman–Crippen MR) is 157 cm³/mol. The highest BCUT2D eigenvalue weighted by Gasteiger charge is 2.41. The number of alkyl halides is 4. The smallest absolute Gasteiger partial charge is 0.391 e. The molecule has 8 nitrogen and oxygen atoms in total. The maximum Gasteiger partial charge on any atom is 0.391 e. The van der Waals surface area contributed by atoms with Gasteiger partial charge in [0, 0.05) is 31.1 Å². The third-order valence-corrected chi connectivity index (χ3v) is 7.83. The minimum Gasteiger partial charge on any atom is -0.490 e. The van der Waals surface area contributed by atoms with Gasteiger partial charge < -0.3 is 25.3 Å². The molecule has 4 rings (SSSR count). The molecule has 1 heterocycles. The van der Waals surface area contributed by atoms with Crippen molar-refractivity contribution in [1.82, 2.24) is 20.2 Å². The summed E-state index contributed by atoms with van der Waals surface area (Å²) in [5.41, 5.74) is 1.96. The molecular weight excluding hydrogens is 590 g/mol. The first-order valence-corrected chi connectivity index (χ1v) is 14.5. The van der Waals surface area contributed by atoms with Crippen molar-refractivity contribution in [1.29, 1.82) is 0 Å². The molecule has 3 N–H and O–H groups in total. The largest absolute Gasteiger partial charge is 0.490 e. The Morgan fingerprint density at radius 1 is 1.09 bits per heavy atom. The van der Waals surface area contributed by atoms with E-state index >= 15 is 0 Å². The van der Waals surface area contributed by atoms with Crippen molar-refractivity contribution >= 4 is 46.1 Å². The van der Waals surface area contributed by atoms with Crippen molar-refractivity contribution in [3.8, 4) is 5.75 Å². The molecule has 234 valence electrons. The number of aryl methyl sites for hydroxylation is 1. The van der Waals surface area contributed by atoms with Crippen molar-refractivity contribution in [2.24, 2.45) is 18.4 Å². The molecule has 1 aromatic heterocycles. The van der Waals surface area contributed by atoms with Crippen LogP contribution in [0, 0.1) is 11.3 Å². The van der Waals surface area contributed by atoms with Crippen LogP contribution in [-0.2, 0) is 18.4 Å². The molecule has 13 heteroatoms. The Morgan fingerprint density at radius 3 is 2.42 bits per heavy atom. The van der Waals surface area contributed by atoms with E-state index in [1.54, 1.807) is 35.9 Å². The van der Waals surface area contributed by atoms with Crippen LogP contribution in [-0.4, -0.2) is 46.9 Å². The Labute approximate surface area is 252 Å². The normalized spacial score (nSPS) is 17.5. The van der Waals surface area contributed by atoms with E-state index in [9.17, 15) is 27.2 Å². The first-order valence-electron chi connectivity index (χ1n) is 14.1. The Kier molecular flexibility index (Phi) is 9.78. The summed E-state index contributed by atoms with van der Waals surface area (Å²) < 4.78 is 59.5. The number of benzene rings is 2. The molecule has 0 aliphatic heterocycles. The molecule has 0 unspecified atom stereocenters. The lowest BCUT2D eigenvalue weighted by atomic mass is 9.85. The van der Waals surface area contributed by atoms with Crippen LogP contribution in [0.4, 0.5) is 29.2 Å². The number of nitrogens with zero attached hydrogens (tertiary/aromatic N) is 2. The van der Waals surface area contributed by atoms with Crippen LogP contribution in [0.25, 0.3) is 11.0 Å². The summed E-state index contributed by atoms with van der Waals surface area (Å²) in [6, 6.07) is 7.99. The summed E-state index contributed by atoms with van der Waals surface area (Å²) in [5.74, 6) is -1.45. The molecule has 0 spiro atoms. The number of nitrogens with one attached hydrogen (secondary N) is 3. The first kappa shape index (κ1) is 32.4. The summed E-state index contributed by atoms with van der Waals surface area (Å²) in [6.07, 6.45) is -3.94. The SMILES string of the molecule is Cn1c(Nc2cc(CNC(=O)C(C)(C)C)ccc2Cl)nc2cc(C(=O)N[C@H]3CC[C@H](C(F)(F)F)CC3)c(OCCF)cc21. The fourth-order valence-electron chi connectivity index (χ4n) is 4.95. The van der Waals surface area contributed by atoms with Gasteiger partial charge in [0.15, 0.2) is 0 Å². The number of carbonyl (C=O) groups excluding carboxylic acids is 2. The number of carbonyl (C=O) groups is 2.